The zero-order chi connectivity index (χ0) is 25.3. The highest BCUT2D eigenvalue weighted by atomic mass is 35.5. The van der Waals surface area contributed by atoms with Crippen LogP contribution in [0, 0.1) is 0 Å². The van der Waals surface area contributed by atoms with Gasteiger partial charge >= 0.3 is 6.36 Å². The molecular formula is C25H22Cl2F3N3O2. The smallest absolute Gasteiger partial charge is 0.406 e. The maximum Gasteiger partial charge on any atom is 0.573 e. The topological polar surface area (TPSA) is 51.7 Å². The average Bonchev–Trinajstić information content (AvgIpc) is 3.07. The molecule has 0 fully saturated rings. The van der Waals surface area contributed by atoms with Gasteiger partial charge in [0.1, 0.15) is 5.75 Å². The van der Waals surface area contributed by atoms with Gasteiger partial charge in [0.05, 0.1) is 39.9 Å². The van der Waals surface area contributed by atoms with Gasteiger partial charge in [-0.15, -0.1) is 13.2 Å². The van der Waals surface area contributed by atoms with Crippen LogP contribution in [0.15, 0.2) is 65.7 Å². The van der Waals surface area contributed by atoms with Crippen molar-refractivity contribution in [2.24, 2.45) is 4.99 Å². The number of benzene rings is 3. The molecule has 1 N–H and O–H groups in total. The standard InChI is InChI=1S/C25H22Cl2F3N3O2/c1-15(2)33-23-12-21(27)20(26)11-22(23)32(13-16-3-5-17(14-34)6-4-16)24(33)31-18-7-9-19(10-8-18)35-25(28,29)30/h3-12,15,34H,13-14H2,1-2H3. The van der Waals surface area contributed by atoms with Gasteiger partial charge in [-0.2, -0.15) is 0 Å². The van der Waals surface area contributed by atoms with Gasteiger partial charge in [-0.25, -0.2) is 4.99 Å². The number of aromatic nitrogens is 2. The lowest BCUT2D eigenvalue weighted by Crippen LogP contribution is -2.27. The molecule has 0 saturated carbocycles. The molecule has 0 atom stereocenters. The van der Waals surface area contributed by atoms with Crippen LogP contribution in [0.5, 0.6) is 5.75 Å². The molecule has 0 amide bonds. The van der Waals surface area contributed by atoms with Gasteiger partial charge in [-0.1, -0.05) is 47.5 Å². The first-order chi connectivity index (χ1) is 16.6. The molecule has 0 bridgehead atoms. The van der Waals surface area contributed by atoms with E-state index in [1.54, 1.807) is 12.1 Å². The van der Waals surface area contributed by atoms with E-state index in [2.05, 4.69) is 4.74 Å². The number of alkyl halides is 3. The molecule has 3 aromatic carbocycles. The predicted molar refractivity (Wildman–Crippen MR) is 130 cm³/mol. The van der Waals surface area contributed by atoms with Gasteiger partial charge in [0.25, 0.3) is 0 Å². The van der Waals surface area contributed by atoms with E-state index in [4.69, 9.17) is 28.2 Å². The van der Waals surface area contributed by atoms with Crippen LogP contribution in [-0.2, 0) is 13.2 Å². The van der Waals surface area contributed by atoms with E-state index in [0.29, 0.717) is 27.9 Å². The van der Waals surface area contributed by atoms with Crippen LogP contribution in [0.3, 0.4) is 0 Å². The van der Waals surface area contributed by atoms with Crippen LogP contribution in [0.2, 0.25) is 10.0 Å². The predicted octanol–water partition coefficient (Wildman–Crippen LogP) is 7.00. The zero-order valence-corrected chi connectivity index (χ0v) is 20.4. The van der Waals surface area contributed by atoms with Crippen LogP contribution < -0.4 is 10.4 Å². The normalized spacial score (nSPS) is 12.7. The van der Waals surface area contributed by atoms with Crippen molar-refractivity contribution < 1.29 is 23.0 Å². The van der Waals surface area contributed by atoms with Crippen LogP contribution in [-0.4, -0.2) is 20.6 Å². The summed E-state index contributed by atoms with van der Waals surface area (Å²) in [6, 6.07) is 16.4. The Labute approximate surface area is 209 Å². The molecule has 0 radical (unpaired) electrons. The minimum Gasteiger partial charge on any atom is -0.406 e. The maximum absolute atomic E-state index is 12.5. The van der Waals surface area contributed by atoms with Gasteiger partial charge in [-0.05, 0) is 61.4 Å². The molecule has 0 aliphatic carbocycles. The summed E-state index contributed by atoms with van der Waals surface area (Å²) >= 11 is 12.7. The first-order valence-electron chi connectivity index (χ1n) is 10.7. The molecule has 0 aliphatic rings. The summed E-state index contributed by atoms with van der Waals surface area (Å²) in [6.07, 6.45) is -4.77. The third-order valence-electron chi connectivity index (χ3n) is 5.39. The Morgan fingerprint density at radius 2 is 1.49 bits per heavy atom. The van der Waals surface area contributed by atoms with Crippen molar-refractivity contribution in [1.82, 2.24) is 9.13 Å². The number of rotatable bonds is 6. The molecule has 1 aromatic heterocycles. The lowest BCUT2D eigenvalue weighted by Gasteiger charge is -2.11. The first kappa shape index (κ1) is 25.2. The Kier molecular flexibility index (Phi) is 7.17. The highest BCUT2D eigenvalue weighted by Crippen LogP contribution is 2.30. The summed E-state index contributed by atoms with van der Waals surface area (Å²) in [5, 5.41) is 10.1. The lowest BCUT2D eigenvalue weighted by atomic mass is 10.1. The number of aliphatic hydroxyl groups excluding tert-OH is 1. The van der Waals surface area contributed by atoms with E-state index in [-0.39, 0.29) is 18.4 Å². The SMILES string of the molecule is CC(C)n1c(=Nc2ccc(OC(F)(F)F)cc2)n(Cc2ccc(CO)cc2)c2cc(Cl)c(Cl)cc21. The molecule has 4 rings (SSSR count). The number of nitrogens with zero attached hydrogens (tertiary/aromatic N) is 3. The van der Waals surface area contributed by atoms with Crippen molar-refractivity contribution in [2.45, 2.75) is 39.4 Å². The minimum atomic E-state index is -4.77. The number of hydrogen-bond donors (Lipinski definition) is 1. The van der Waals surface area contributed by atoms with Gasteiger partial charge in [0.2, 0.25) is 5.62 Å². The van der Waals surface area contributed by atoms with Gasteiger partial charge in [0.15, 0.2) is 0 Å². The summed E-state index contributed by atoms with van der Waals surface area (Å²) < 4.78 is 45.5. The minimum absolute atomic E-state index is 0.0145. The third-order valence-corrected chi connectivity index (χ3v) is 6.11. The number of halogens is 5. The Balaban J connectivity index is 1.91. The van der Waals surface area contributed by atoms with Crippen LogP contribution in [0.25, 0.3) is 11.0 Å². The molecule has 0 spiro atoms. The zero-order valence-electron chi connectivity index (χ0n) is 18.9. The number of aliphatic hydroxyl groups is 1. The number of ether oxygens (including phenoxy) is 1. The molecule has 5 nitrogen and oxygen atoms in total. The molecule has 1 heterocycles. The summed E-state index contributed by atoms with van der Waals surface area (Å²) in [5.74, 6) is -0.323. The monoisotopic (exact) mass is 523 g/mol. The van der Waals surface area contributed by atoms with E-state index >= 15 is 0 Å². The van der Waals surface area contributed by atoms with Crippen LogP contribution >= 0.6 is 23.2 Å². The summed E-state index contributed by atoms with van der Waals surface area (Å²) in [4.78, 5) is 4.79. The van der Waals surface area contributed by atoms with Crippen molar-refractivity contribution in [1.29, 1.82) is 0 Å². The highest BCUT2D eigenvalue weighted by molar-refractivity contribution is 6.42. The second-order valence-corrected chi connectivity index (χ2v) is 9.05. The van der Waals surface area contributed by atoms with Crippen LogP contribution in [0.1, 0.15) is 31.0 Å². The number of hydrogen-bond acceptors (Lipinski definition) is 3. The van der Waals surface area contributed by atoms with E-state index in [0.717, 1.165) is 22.2 Å². The maximum atomic E-state index is 12.5. The molecule has 0 unspecified atom stereocenters. The van der Waals surface area contributed by atoms with Crippen molar-refractivity contribution in [3.05, 3.63) is 87.5 Å². The highest BCUT2D eigenvalue weighted by Gasteiger charge is 2.31. The molecular weight excluding hydrogens is 502 g/mol. The summed E-state index contributed by atoms with van der Waals surface area (Å²) in [6.45, 7) is 4.39. The third kappa shape index (κ3) is 5.66. The van der Waals surface area contributed by atoms with Crippen molar-refractivity contribution in [3.63, 3.8) is 0 Å². The Morgan fingerprint density at radius 3 is 2.03 bits per heavy atom. The van der Waals surface area contributed by atoms with Gasteiger partial charge in [-0.3, -0.25) is 0 Å². The van der Waals surface area contributed by atoms with E-state index in [1.807, 2.05) is 47.2 Å². The van der Waals surface area contributed by atoms with Crippen molar-refractivity contribution in [3.8, 4) is 5.75 Å². The van der Waals surface area contributed by atoms with Crippen molar-refractivity contribution in [2.75, 3.05) is 0 Å². The summed E-state index contributed by atoms with van der Waals surface area (Å²) in [5.41, 5.74) is 4.40. The van der Waals surface area contributed by atoms with E-state index in [9.17, 15) is 18.3 Å². The Bertz CT molecular complexity index is 1410. The molecule has 0 saturated heterocycles. The lowest BCUT2D eigenvalue weighted by molar-refractivity contribution is -0.274. The quantitative estimate of drug-likeness (QED) is 0.295. The fourth-order valence-electron chi connectivity index (χ4n) is 3.83. The fraction of sp³-hybridized carbons (Fsp3) is 0.240. The van der Waals surface area contributed by atoms with Gasteiger partial charge in [0, 0.05) is 6.04 Å². The van der Waals surface area contributed by atoms with E-state index < -0.39 is 6.36 Å². The van der Waals surface area contributed by atoms with Crippen LogP contribution in [0.4, 0.5) is 18.9 Å². The fourth-order valence-corrected chi connectivity index (χ4v) is 4.15. The summed E-state index contributed by atoms with van der Waals surface area (Å²) in [7, 11) is 0. The van der Waals surface area contributed by atoms with Crippen molar-refractivity contribution >= 4 is 39.9 Å². The molecule has 10 heteroatoms. The average molecular weight is 524 g/mol. The van der Waals surface area contributed by atoms with E-state index in [1.165, 1.54) is 24.3 Å². The Hall–Kier alpha value is -2.94. The molecule has 4 aromatic rings. The molecule has 184 valence electrons. The second kappa shape index (κ2) is 9.97. The number of imidazole rings is 1. The van der Waals surface area contributed by atoms with Gasteiger partial charge < -0.3 is 19.0 Å². The Morgan fingerprint density at radius 1 is 0.914 bits per heavy atom. The first-order valence-corrected chi connectivity index (χ1v) is 11.5. The largest absolute Gasteiger partial charge is 0.573 e. The number of fused-ring (bicyclic) bond motifs is 1. The second-order valence-electron chi connectivity index (χ2n) is 8.23. The molecule has 0 aliphatic heterocycles. The molecule has 35 heavy (non-hydrogen) atoms.